The molecular weight excluding hydrogens is 356 g/mol. The van der Waals surface area contributed by atoms with Crippen LogP contribution in [0.1, 0.15) is 30.6 Å². The molecule has 0 radical (unpaired) electrons. The predicted molar refractivity (Wildman–Crippen MR) is 100 cm³/mol. The third-order valence-corrected chi connectivity index (χ3v) is 6.25. The summed E-state index contributed by atoms with van der Waals surface area (Å²) in [6, 6.07) is 6.59. The lowest BCUT2D eigenvalue weighted by Gasteiger charge is -2.29. The number of sulfone groups is 1. The Morgan fingerprint density at radius 2 is 2.00 bits per heavy atom. The third-order valence-electron chi connectivity index (χ3n) is 4.50. The zero-order valence-corrected chi connectivity index (χ0v) is 16.5. The number of rotatable bonds is 6. The number of ether oxygens (including phenoxy) is 1. The van der Waals surface area contributed by atoms with Crippen molar-refractivity contribution < 1.29 is 22.7 Å². The molecule has 1 heterocycles. The molecule has 1 aliphatic rings. The van der Waals surface area contributed by atoms with Crippen LogP contribution in [0.4, 0.5) is 5.69 Å². The average molecular weight is 382 g/mol. The van der Waals surface area contributed by atoms with Gasteiger partial charge in [0.2, 0.25) is 0 Å². The van der Waals surface area contributed by atoms with E-state index in [1.54, 1.807) is 25.1 Å². The van der Waals surface area contributed by atoms with Crippen molar-refractivity contribution in [1.29, 1.82) is 0 Å². The van der Waals surface area contributed by atoms with Crippen LogP contribution >= 0.6 is 0 Å². The van der Waals surface area contributed by atoms with Gasteiger partial charge in [-0.15, -0.1) is 0 Å². The zero-order chi connectivity index (χ0) is 19.5. The first kappa shape index (κ1) is 20.2. The minimum atomic E-state index is -3.10. The first-order valence-electron chi connectivity index (χ1n) is 8.64. The van der Waals surface area contributed by atoms with Crippen molar-refractivity contribution in [3.63, 3.8) is 0 Å². The normalized spacial score (nSPS) is 19.6. The van der Waals surface area contributed by atoms with Crippen LogP contribution in [0.3, 0.4) is 0 Å². The number of nitrogens with zero attached hydrogens (tertiary/aromatic N) is 2. The smallest absolute Gasteiger partial charge is 0.338 e. The van der Waals surface area contributed by atoms with Gasteiger partial charge in [0.15, 0.2) is 15.9 Å². The number of benzene rings is 1. The number of hydrogen-bond acceptors (Lipinski definition) is 6. The molecule has 1 aromatic rings. The van der Waals surface area contributed by atoms with Gasteiger partial charge in [0, 0.05) is 32.4 Å². The molecule has 0 aromatic heterocycles. The van der Waals surface area contributed by atoms with E-state index in [1.165, 1.54) is 11.8 Å². The summed E-state index contributed by atoms with van der Waals surface area (Å²) in [5.41, 5.74) is 1.21. The van der Waals surface area contributed by atoms with Gasteiger partial charge in [0.05, 0.1) is 17.1 Å². The van der Waals surface area contributed by atoms with Crippen molar-refractivity contribution >= 4 is 27.4 Å². The molecule has 1 amide bonds. The molecular formula is C18H26N2O5S. The number of amides is 1. The van der Waals surface area contributed by atoms with Gasteiger partial charge in [-0.25, -0.2) is 13.2 Å². The number of likely N-dealkylation sites (N-methyl/N-ethyl adjacent to an activating group) is 1. The molecule has 0 N–H and O–H groups in total. The highest BCUT2D eigenvalue weighted by Gasteiger charge is 2.36. The summed E-state index contributed by atoms with van der Waals surface area (Å²) in [5.74, 6) is -0.887. The van der Waals surface area contributed by atoms with E-state index >= 15 is 0 Å². The molecule has 2 rings (SSSR count). The van der Waals surface area contributed by atoms with Crippen molar-refractivity contribution in [2.45, 2.75) is 32.4 Å². The van der Waals surface area contributed by atoms with E-state index in [9.17, 15) is 18.0 Å². The lowest BCUT2D eigenvalue weighted by Crippen LogP contribution is -2.46. The first-order valence-corrected chi connectivity index (χ1v) is 10.5. The Morgan fingerprint density at radius 1 is 1.31 bits per heavy atom. The fourth-order valence-electron chi connectivity index (χ4n) is 3.04. The van der Waals surface area contributed by atoms with Crippen molar-refractivity contribution in [1.82, 2.24) is 4.90 Å². The predicted octanol–water partition coefficient (Wildman–Crippen LogP) is 1.33. The molecule has 0 spiro atoms. The van der Waals surface area contributed by atoms with Crippen molar-refractivity contribution in [3.05, 3.63) is 29.8 Å². The fourth-order valence-corrected chi connectivity index (χ4v) is 4.77. The Labute approximate surface area is 154 Å². The zero-order valence-electron chi connectivity index (χ0n) is 15.6. The third kappa shape index (κ3) is 4.75. The Hall–Kier alpha value is -2.09. The highest BCUT2D eigenvalue weighted by atomic mass is 32.2. The number of hydrogen-bond donors (Lipinski definition) is 0. The van der Waals surface area contributed by atoms with Crippen LogP contribution in [0.2, 0.25) is 0 Å². The summed E-state index contributed by atoms with van der Waals surface area (Å²) in [4.78, 5) is 28.4. The van der Waals surface area contributed by atoms with Gasteiger partial charge < -0.3 is 14.5 Å². The highest BCUT2D eigenvalue weighted by molar-refractivity contribution is 7.91. The van der Waals surface area contributed by atoms with Gasteiger partial charge in [0.1, 0.15) is 0 Å². The van der Waals surface area contributed by atoms with Crippen LogP contribution in [0.15, 0.2) is 24.3 Å². The lowest BCUT2D eigenvalue weighted by molar-refractivity contribution is -0.141. The van der Waals surface area contributed by atoms with Gasteiger partial charge in [-0.2, -0.15) is 0 Å². The average Bonchev–Trinajstić information content (AvgIpc) is 2.95. The van der Waals surface area contributed by atoms with Crippen LogP contribution in [0.25, 0.3) is 0 Å². The monoisotopic (exact) mass is 382 g/mol. The maximum absolute atomic E-state index is 12.7. The number of carbonyl (C=O) groups is 2. The van der Waals surface area contributed by atoms with E-state index in [0.717, 1.165) is 5.69 Å². The second-order valence-corrected chi connectivity index (χ2v) is 8.90. The Bertz CT molecular complexity index is 776. The van der Waals surface area contributed by atoms with Crippen molar-refractivity contribution in [2.75, 3.05) is 37.0 Å². The van der Waals surface area contributed by atoms with E-state index in [0.29, 0.717) is 18.5 Å². The molecule has 144 valence electrons. The maximum atomic E-state index is 12.7. The van der Waals surface area contributed by atoms with Gasteiger partial charge in [0.25, 0.3) is 5.91 Å². The standard InChI is InChI=1S/C18H26N2O5S/c1-5-20(16-9-10-26(23,24)12-16)17(21)13(2)25-18(22)14-7-6-8-15(11-14)19(3)4/h6-8,11,13,16H,5,9-10,12H2,1-4H3. The minimum Gasteiger partial charge on any atom is -0.449 e. The summed E-state index contributed by atoms with van der Waals surface area (Å²) in [6.45, 7) is 3.68. The quantitative estimate of drug-likeness (QED) is 0.690. The highest BCUT2D eigenvalue weighted by Crippen LogP contribution is 2.20. The van der Waals surface area contributed by atoms with Gasteiger partial charge in [-0.1, -0.05) is 6.07 Å². The Balaban J connectivity index is 2.05. The number of anilines is 1. The summed E-state index contributed by atoms with van der Waals surface area (Å²) in [5, 5.41) is 0. The van der Waals surface area contributed by atoms with Gasteiger partial charge >= 0.3 is 5.97 Å². The van der Waals surface area contributed by atoms with E-state index in [4.69, 9.17) is 4.74 Å². The van der Waals surface area contributed by atoms with Crippen LogP contribution in [0, 0.1) is 0 Å². The molecule has 1 saturated heterocycles. The summed E-state index contributed by atoms with van der Waals surface area (Å²) < 4.78 is 28.7. The van der Waals surface area contributed by atoms with Gasteiger partial charge in [-0.05, 0) is 38.5 Å². The van der Waals surface area contributed by atoms with Gasteiger partial charge in [-0.3, -0.25) is 4.79 Å². The number of esters is 1. The SMILES string of the molecule is CCN(C(=O)C(C)OC(=O)c1cccc(N(C)C)c1)C1CCS(=O)(=O)C1. The molecule has 8 heteroatoms. The molecule has 2 atom stereocenters. The van der Waals surface area contributed by atoms with Crippen LogP contribution in [-0.4, -0.2) is 69.5 Å². The molecule has 7 nitrogen and oxygen atoms in total. The minimum absolute atomic E-state index is 0.0296. The van der Waals surface area contributed by atoms with E-state index in [1.807, 2.05) is 25.1 Å². The van der Waals surface area contributed by atoms with Crippen molar-refractivity contribution in [2.24, 2.45) is 0 Å². The van der Waals surface area contributed by atoms with Crippen LogP contribution < -0.4 is 4.90 Å². The molecule has 1 aromatic carbocycles. The molecule has 0 aliphatic carbocycles. The number of carbonyl (C=O) groups excluding carboxylic acids is 2. The van der Waals surface area contributed by atoms with E-state index < -0.39 is 21.9 Å². The Morgan fingerprint density at radius 3 is 2.54 bits per heavy atom. The summed E-state index contributed by atoms with van der Waals surface area (Å²) in [6.07, 6.45) is -0.554. The molecule has 2 unspecified atom stereocenters. The maximum Gasteiger partial charge on any atom is 0.338 e. The Kier molecular flexibility index (Phi) is 6.28. The van der Waals surface area contributed by atoms with Crippen LogP contribution in [0.5, 0.6) is 0 Å². The first-order chi connectivity index (χ1) is 12.1. The summed E-state index contributed by atoms with van der Waals surface area (Å²) in [7, 11) is 0.638. The topological polar surface area (TPSA) is 84.0 Å². The molecule has 0 saturated carbocycles. The van der Waals surface area contributed by atoms with E-state index in [-0.39, 0.29) is 23.5 Å². The lowest BCUT2D eigenvalue weighted by atomic mass is 10.2. The molecule has 26 heavy (non-hydrogen) atoms. The van der Waals surface area contributed by atoms with Crippen molar-refractivity contribution in [3.8, 4) is 0 Å². The molecule has 0 bridgehead atoms. The fraction of sp³-hybridized carbons (Fsp3) is 0.556. The molecule has 1 fully saturated rings. The molecule has 1 aliphatic heterocycles. The second kappa shape index (κ2) is 8.07. The van der Waals surface area contributed by atoms with Crippen LogP contribution in [-0.2, 0) is 19.4 Å². The van der Waals surface area contributed by atoms with E-state index in [2.05, 4.69) is 0 Å². The largest absolute Gasteiger partial charge is 0.449 e. The second-order valence-electron chi connectivity index (χ2n) is 6.67. The summed E-state index contributed by atoms with van der Waals surface area (Å²) >= 11 is 0.